The SMILES string of the molecule is COc1cc(-c2ccc3nc(Cc4cc(C(C)N5CCN(C(=O)C6CC6)CC5)ccn4)[nH]c3c2)ncn1. The van der Waals surface area contributed by atoms with Crippen LogP contribution in [0.1, 0.15) is 42.9 Å². The number of fused-ring (bicyclic) bond motifs is 1. The number of nitrogens with one attached hydrogen (secondary N) is 1. The molecular weight excluding hydrogens is 466 g/mol. The standard InChI is InChI=1S/C28H31N7O2/c1-18(34-9-11-35(12-10-34)28(36)19-3-4-19)20-7-8-29-22(13-20)15-26-32-23-6-5-21(14-25(23)33-26)24-16-27(37-2)31-17-30-24/h5-8,13-14,16-19H,3-4,9-12,15H2,1-2H3,(H,32,33). The van der Waals surface area contributed by atoms with E-state index >= 15 is 0 Å². The molecule has 2 fully saturated rings. The third-order valence-corrected chi connectivity index (χ3v) is 7.45. The molecule has 190 valence electrons. The number of nitrogens with zero attached hydrogens (tertiary/aromatic N) is 6. The number of carbonyl (C=O) groups excluding carboxylic acids is 1. The second kappa shape index (κ2) is 9.89. The fourth-order valence-electron chi connectivity index (χ4n) is 5.07. The van der Waals surface area contributed by atoms with Crippen LogP contribution in [0.3, 0.4) is 0 Å². The van der Waals surface area contributed by atoms with Crippen molar-refractivity contribution in [3.8, 4) is 17.1 Å². The van der Waals surface area contributed by atoms with Gasteiger partial charge in [-0.3, -0.25) is 14.7 Å². The molecule has 1 saturated heterocycles. The summed E-state index contributed by atoms with van der Waals surface area (Å²) in [5, 5.41) is 0. The number of benzene rings is 1. The van der Waals surface area contributed by atoms with E-state index in [1.54, 1.807) is 7.11 Å². The van der Waals surface area contributed by atoms with Gasteiger partial charge in [0.25, 0.3) is 0 Å². The van der Waals surface area contributed by atoms with Gasteiger partial charge >= 0.3 is 0 Å². The van der Waals surface area contributed by atoms with E-state index in [1.807, 2.05) is 35.4 Å². The Morgan fingerprint density at radius 3 is 2.70 bits per heavy atom. The predicted molar refractivity (Wildman–Crippen MR) is 140 cm³/mol. The van der Waals surface area contributed by atoms with Gasteiger partial charge in [-0.1, -0.05) is 6.07 Å². The van der Waals surface area contributed by atoms with Crippen molar-refractivity contribution in [3.05, 3.63) is 66.0 Å². The Morgan fingerprint density at radius 2 is 1.92 bits per heavy atom. The molecule has 37 heavy (non-hydrogen) atoms. The third kappa shape index (κ3) is 5.04. The van der Waals surface area contributed by atoms with Gasteiger partial charge in [0, 0.05) is 68.1 Å². The van der Waals surface area contributed by atoms with Crippen LogP contribution in [-0.4, -0.2) is 73.9 Å². The summed E-state index contributed by atoms with van der Waals surface area (Å²) in [4.78, 5) is 38.2. The molecule has 6 rings (SSSR count). The quantitative estimate of drug-likeness (QED) is 0.416. The maximum atomic E-state index is 12.4. The number of hydrogen-bond acceptors (Lipinski definition) is 7. The molecule has 1 atom stereocenters. The van der Waals surface area contributed by atoms with Crippen LogP contribution in [0.25, 0.3) is 22.3 Å². The summed E-state index contributed by atoms with van der Waals surface area (Å²) >= 11 is 0. The first-order valence-corrected chi connectivity index (χ1v) is 12.9. The van der Waals surface area contributed by atoms with Gasteiger partial charge in [-0.15, -0.1) is 0 Å². The Hall–Kier alpha value is -3.85. The normalized spacial score (nSPS) is 17.2. The molecule has 1 saturated carbocycles. The minimum atomic E-state index is 0.267. The van der Waals surface area contributed by atoms with Crippen molar-refractivity contribution < 1.29 is 9.53 Å². The fourth-order valence-corrected chi connectivity index (χ4v) is 5.07. The monoisotopic (exact) mass is 497 g/mol. The van der Waals surface area contributed by atoms with Gasteiger partial charge in [-0.2, -0.15) is 0 Å². The summed E-state index contributed by atoms with van der Waals surface area (Å²) < 4.78 is 5.23. The highest BCUT2D eigenvalue weighted by atomic mass is 16.5. The molecule has 1 aliphatic carbocycles. The summed E-state index contributed by atoms with van der Waals surface area (Å²) in [6.07, 6.45) is 6.15. The van der Waals surface area contributed by atoms with Crippen LogP contribution in [0.15, 0.2) is 48.9 Å². The second-order valence-corrected chi connectivity index (χ2v) is 9.93. The lowest BCUT2D eigenvalue weighted by atomic mass is 10.1. The number of ether oxygens (including phenoxy) is 1. The summed E-state index contributed by atoms with van der Waals surface area (Å²) in [6.45, 7) is 5.69. The molecule has 0 bridgehead atoms. The summed E-state index contributed by atoms with van der Waals surface area (Å²) in [5.74, 6) is 2.06. The molecule has 0 spiro atoms. The van der Waals surface area contributed by atoms with Gasteiger partial charge in [0.15, 0.2) is 0 Å². The zero-order valence-electron chi connectivity index (χ0n) is 21.2. The zero-order chi connectivity index (χ0) is 25.4. The first-order chi connectivity index (χ1) is 18.1. The number of rotatable bonds is 7. The number of carbonyl (C=O) groups is 1. The average molecular weight is 498 g/mol. The summed E-state index contributed by atoms with van der Waals surface area (Å²) in [7, 11) is 1.60. The van der Waals surface area contributed by atoms with E-state index in [0.29, 0.717) is 24.1 Å². The highest BCUT2D eigenvalue weighted by Gasteiger charge is 2.35. The minimum absolute atomic E-state index is 0.267. The fraction of sp³-hybridized carbons (Fsp3) is 0.393. The maximum Gasteiger partial charge on any atom is 0.225 e. The number of pyridine rings is 1. The van der Waals surface area contributed by atoms with E-state index in [2.05, 4.69) is 43.9 Å². The summed E-state index contributed by atoms with van der Waals surface area (Å²) in [6, 6.07) is 12.4. The van der Waals surface area contributed by atoms with Gasteiger partial charge in [-0.25, -0.2) is 15.0 Å². The molecule has 4 heterocycles. The lowest BCUT2D eigenvalue weighted by Gasteiger charge is -2.38. The highest BCUT2D eigenvalue weighted by molar-refractivity contribution is 5.81. The van der Waals surface area contributed by atoms with Crippen molar-refractivity contribution in [3.63, 3.8) is 0 Å². The molecule has 0 radical (unpaired) electrons. The average Bonchev–Trinajstić information content (AvgIpc) is 3.72. The number of H-pyrrole nitrogens is 1. The van der Waals surface area contributed by atoms with Gasteiger partial charge in [0.1, 0.15) is 12.2 Å². The van der Waals surface area contributed by atoms with Crippen LogP contribution in [0, 0.1) is 5.92 Å². The lowest BCUT2D eigenvalue weighted by Crippen LogP contribution is -2.49. The molecule has 9 heteroatoms. The molecule has 1 aliphatic heterocycles. The minimum Gasteiger partial charge on any atom is -0.481 e. The summed E-state index contributed by atoms with van der Waals surface area (Å²) in [5.41, 5.74) is 5.84. The van der Waals surface area contributed by atoms with Gasteiger partial charge in [0.2, 0.25) is 11.8 Å². The van der Waals surface area contributed by atoms with Crippen molar-refractivity contribution in [1.82, 2.24) is 34.7 Å². The van der Waals surface area contributed by atoms with E-state index in [1.165, 1.54) is 11.9 Å². The van der Waals surface area contributed by atoms with E-state index in [4.69, 9.17) is 9.72 Å². The number of aromatic amines is 1. The molecule has 2 aliphatic rings. The first-order valence-electron chi connectivity index (χ1n) is 12.9. The maximum absolute atomic E-state index is 12.4. The number of aromatic nitrogens is 5. The topological polar surface area (TPSA) is 100 Å². The molecule has 1 unspecified atom stereocenters. The van der Waals surface area contributed by atoms with Crippen LogP contribution in [-0.2, 0) is 11.2 Å². The van der Waals surface area contributed by atoms with Crippen LogP contribution in [0.2, 0.25) is 0 Å². The van der Waals surface area contributed by atoms with Crippen molar-refractivity contribution in [2.45, 2.75) is 32.2 Å². The molecule has 1 aromatic carbocycles. The molecular formula is C28H31N7O2. The van der Waals surface area contributed by atoms with Gasteiger partial charge < -0.3 is 14.6 Å². The number of amides is 1. The van der Waals surface area contributed by atoms with Crippen LogP contribution in [0.4, 0.5) is 0 Å². The molecule has 1 N–H and O–H groups in total. The Morgan fingerprint density at radius 1 is 1.08 bits per heavy atom. The molecule has 4 aromatic rings. The Balaban J connectivity index is 1.14. The lowest BCUT2D eigenvalue weighted by molar-refractivity contribution is -0.134. The van der Waals surface area contributed by atoms with Crippen molar-refractivity contribution in [2.24, 2.45) is 5.92 Å². The van der Waals surface area contributed by atoms with Crippen LogP contribution < -0.4 is 4.74 Å². The Labute approximate surface area is 215 Å². The molecule has 1 amide bonds. The third-order valence-electron chi connectivity index (χ3n) is 7.45. The van der Waals surface area contributed by atoms with Crippen molar-refractivity contribution >= 4 is 16.9 Å². The van der Waals surface area contributed by atoms with E-state index in [-0.39, 0.29) is 6.04 Å². The highest BCUT2D eigenvalue weighted by Crippen LogP contribution is 2.32. The van der Waals surface area contributed by atoms with Crippen LogP contribution in [0.5, 0.6) is 5.88 Å². The Kier molecular flexibility index (Phi) is 6.30. The largest absolute Gasteiger partial charge is 0.481 e. The van der Waals surface area contributed by atoms with Crippen molar-refractivity contribution in [1.29, 1.82) is 0 Å². The Bertz CT molecular complexity index is 1420. The second-order valence-electron chi connectivity index (χ2n) is 9.93. The van der Waals surface area contributed by atoms with Crippen LogP contribution >= 0.6 is 0 Å². The van der Waals surface area contributed by atoms with Gasteiger partial charge in [0.05, 0.1) is 23.8 Å². The number of piperazine rings is 1. The van der Waals surface area contributed by atoms with Gasteiger partial charge in [-0.05, 0) is 49.6 Å². The number of hydrogen-bond donors (Lipinski definition) is 1. The van der Waals surface area contributed by atoms with E-state index < -0.39 is 0 Å². The molecule has 3 aromatic heterocycles. The zero-order valence-corrected chi connectivity index (χ0v) is 21.2. The van der Waals surface area contributed by atoms with Crippen molar-refractivity contribution in [2.75, 3.05) is 33.3 Å². The number of methoxy groups -OCH3 is 1. The molecule has 9 nitrogen and oxygen atoms in total. The first kappa shape index (κ1) is 23.5. The number of imidazole rings is 1. The van der Waals surface area contributed by atoms with E-state index in [9.17, 15) is 4.79 Å². The smallest absolute Gasteiger partial charge is 0.225 e. The predicted octanol–water partition coefficient (Wildman–Crippen LogP) is 3.63. The van der Waals surface area contributed by atoms with E-state index in [0.717, 1.165) is 72.8 Å².